The first-order valence-electron chi connectivity index (χ1n) is 8.98. The largest absolute Gasteiger partial charge is 0.334 e. The lowest BCUT2D eigenvalue weighted by atomic mass is 10.1. The van der Waals surface area contributed by atoms with Gasteiger partial charge in [-0.25, -0.2) is 0 Å². The lowest BCUT2D eigenvalue weighted by molar-refractivity contribution is -0.387. The van der Waals surface area contributed by atoms with E-state index in [4.69, 9.17) is 0 Å². The van der Waals surface area contributed by atoms with Crippen LogP contribution < -0.4 is 5.32 Å². The second kappa shape index (κ2) is 8.54. The molecule has 7 heteroatoms. The number of nitrogens with one attached hydrogen (secondary N) is 1. The van der Waals surface area contributed by atoms with Crippen LogP contribution in [0.3, 0.4) is 0 Å². The van der Waals surface area contributed by atoms with Crippen molar-refractivity contribution in [3.8, 4) is 0 Å². The van der Waals surface area contributed by atoms with Crippen molar-refractivity contribution in [3.05, 3.63) is 63.7 Å². The summed E-state index contributed by atoms with van der Waals surface area (Å²) in [5, 5.41) is 14.7. The van der Waals surface area contributed by atoms with Crippen molar-refractivity contribution in [2.75, 3.05) is 20.1 Å². The van der Waals surface area contributed by atoms with Crippen molar-refractivity contribution in [3.63, 3.8) is 0 Å². The van der Waals surface area contributed by atoms with Gasteiger partial charge in [-0.2, -0.15) is 0 Å². The number of likely N-dealkylation sites (N-methyl/N-ethyl adjacent to an activating group) is 1. The average Bonchev–Trinajstić information content (AvgIpc) is 3.12. The maximum Gasteiger partial charge on any atom is 0.284 e. The van der Waals surface area contributed by atoms with Gasteiger partial charge in [-0.05, 0) is 51.1 Å². The lowest BCUT2D eigenvalue weighted by Gasteiger charge is -2.24. The first-order chi connectivity index (χ1) is 13.0. The van der Waals surface area contributed by atoms with Crippen LogP contribution in [0, 0.1) is 17.0 Å². The summed E-state index contributed by atoms with van der Waals surface area (Å²) in [6.45, 7) is 3.42. The summed E-state index contributed by atoms with van der Waals surface area (Å²) in [5.41, 5.74) is 1.48. The van der Waals surface area contributed by atoms with E-state index in [1.54, 1.807) is 12.1 Å². The summed E-state index contributed by atoms with van der Waals surface area (Å²) in [5.74, 6) is -0.136. The van der Waals surface area contributed by atoms with E-state index in [1.165, 1.54) is 17.8 Å². The smallest absolute Gasteiger partial charge is 0.284 e. The predicted molar refractivity (Wildman–Crippen MR) is 106 cm³/mol. The molecule has 1 aliphatic heterocycles. The van der Waals surface area contributed by atoms with Gasteiger partial charge in [-0.1, -0.05) is 29.5 Å². The highest BCUT2D eigenvalue weighted by molar-refractivity contribution is 7.99. The van der Waals surface area contributed by atoms with Crippen molar-refractivity contribution in [1.82, 2.24) is 10.2 Å². The molecule has 0 bridgehead atoms. The normalized spacial score (nSPS) is 16.5. The van der Waals surface area contributed by atoms with E-state index < -0.39 is 4.92 Å². The van der Waals surface area contributed by atoms with Crippen molar-refractivity contribution in [1.29, 1.82) is 0 Å². The minimum atomic E-state index is -0.414. The van der Waals surface area contributed by atoms with Gasteiger partial charge >= 0.3 is 0 Å². The van der Waals surface area contributed by atoms with E-state index in [2.05, 4.69) is 5.32 Å². The third kappa shape index (κ3) is 4.48. The van der Waals surface area contributed by atoms with Crippen LogP contribution in [-0.4, -0.2) is 41.9 Å². The van der Waals surface area contributed by atoms with E-state index in [1.807, 2.05) is 43.1 Å². The lowest BCUT2D eigenvalue weighted by Crippen LogP contribution is -2.40. The summed E-state index contributed by atoms with van der Waals surface area (Å²) in [6.07, 6.45) is 1.91. The molecule has 2 aromatic rings. The highest BCUT2D eigenvalue weighted by Crippen LogP contribution is 2.36. The zero-order valence-electron chi connectivity index (χ0n) is 15.5. The van der Waals surface area contributed by atoms with Gasteiger partial charge in [-0.15, -0.1) is 0 Å². The van der Waals surface area contributed by atoms with Crippen LogP contribution in [0.15, 0.2) is 52.3 Å². The fraction of sp³-hybridized carbons (Fsp3) is 0.350. The number of carbonyl (C=O) groups excluding carboxylic acids is 1. The zero-order valence-corrected chi connectivity index (χ0v) is 16.3. The molecular formula is C20H23N3O3S. The van der Waals surface area contributed by atoms with Crippen molar-refractivity contribution < 1.29 is 9.72 Å². The van der Waals surface area contributed by atoms with E-state index in [9.17, 15) is 14.9 Å². The van der Waals surface area contributed by atoms with Gasteiger partial charge in [0.1, 0.15) is 0 Å². The number of rotatable bonds is 6. The summed E-state index contributed by atoms with van der Waals surface area (Å²) in [6, 6.07) is 12.8. The molecule has 1 amide bonds. The molecular weight excluding hydrogens is 362 g/mol. The van der Waals surface area contributed by atoms with Gasteiger partial charge in [0.25, 0.3) is 11.6 Å². The van der Waals surface area contributed by atoms with Crippen LogP contribution >= 0.6 is 11.8 Å². The van der Waals surface area contributed by atoms with Crippen LogP contribution in [0.4, 0.5) is 5.69 Å². The van der Waals surface area contributed by atoms with Gasteiger partial charge < -0.3 is 10.2 Å². The summed E-state index contributed by atoms with van der Waals surface area (Å²) in [7, 11) is 1.86. The minimum Gasteiger partial charge on any atom is -0.334 e. The quantitative estimate of drug-likeness (QED) is 0.603. The van der Waals surface area contributed by atoms with E-state index >= 15 is 0 Å². The number of nitro benzene ring substituents is 1. The SMILES string of the molecule is CNCC1CCCN1C(=O)c1ccc(Sc2ccc(C)cc2)c([N+](=O)[O-])c1. The molecule has 6 nitrogen and oxygen atoms in total. The molecule has 0 spiro atoms. The Kier molecular flexibility index (Phi) is 6.13. The van der Waals surface area contributed by atoms with Gasteiger partial charge in [0.2, 0.25) is 0 Å². The van der Waals surface area contributed by atoms with Crippen LogP contribution in [0.1, 0.15) is 28.8 Å². The van der Waals surface area contributed by atoms with Crippen molar-refractivity contribution in [2.24, 2.45) is 0 Å². The second-order valence-corrected chi connectivity index (χ2v) is 7.82. The van der Waals surface area contributed by atoms with Crippen molar-refractivity contribution >= 4 is 23.4 Å². The molecule has 0 aromatic heterocycles. The number of hydrogen-bond donors (Lipinski definition) is 1. The van der Waals surface area contributed by atoms with Gasteiger partial charge in [0.05, 0.1) is 9.82 Å². The molecule has 1 N–H and O–H groups in total. The number of aryl methyl sites for hydroxylation is 1. The Morgan fingerprint density at radius 1 is 1.30 bits per heavy atom. The minimum absolute atomic E-state index is 0.0317. The fourth-order valence-corrected chi connectivity index (χ4v) is 4.23. The molecule has 3 rings (SSSR count). The highest BCUT2D eigenvalue weighted by atomic mass is 32.2. The highest BCUT2D eigenvalue weighted by Gasteiger charge is 2.30. The summed E-state index contributed by atoms with van der Waals surface area (Å²) >= 11 is 1.34. The molecule has 0 radical (unpaired) electrons. The topological polar surface area (TPSA) is 75.5 Å². The Morgan fingerprint density at radius 3 is 2.70 bits per heavy atom. The number of hydrogen-bond acceptors (Lipinski definition) is 5. The maximum atomic E-state index is 12.9. The van der Waals surface area contributed by atoms with E-state index in [0.717, 1.165) is 29.8 Å². The van der Waals surface area contributed by atoms with Gasteiger partial charge in [0, 0.05) is 35.7 Å². The number of nitro groups is 1. The molecule has 1 unspecified atom stereocenters. The Labute approximate surface area is 163 Å². The molecule has 1 fully saturated rings. The molecule has 1 aliphatic rings. The molecule has 2 aromatic carbocycles. The Morgan fingerprint density at radius 2 is 2.04 bits per heavy atom. The molecule has 142 valence electrons. The Balaban J connectivity index is 1.85. The molecule has 1 saturated heterocycles. The van der Waals surface area contributed by atoms with Crippen molar-refractivity contribution in [2.45, 2.75) is 35.6 Å². The van der Waals surface area contributed by atoms with Crippen LogP contribution in [0.5, 0.6) is 0 Å². The monoisotopic (exact) mass is 385 g/mol. The Bertz CT molecular complexity index is 839. The number of nitrogens with zero attached hydrogens (tertiary/aromatic N) is 2. The maximum absolute atomic E-state index is 12.9. The first-order valence-corrected chi connectivity index (χ1v) is 9.80. The van der Waals surface area contributed by atoms with Crippen LogP contribution in [0.25, 0.3) is 0 Å². The zero-order chi connectivity index (χ0) is 19.4. The summed E-state index contributed by atoms with van der Waals surface area (Å²) < 4.78 is 0. The number of amides is 1. The molecule has 1 heterocycles. The van der Waals surface area contributed by atoms with E-state index in [-0.39, 0.29) is 17.6 Å². The molecule has 27 heavy (non-hydrogen) atoms. The fourth-order valence-electron chi connectivity index (χ4n) is 3.33. The van der Waals surface area contributed by atoms with Crippen LogP contribution in [0.2, 0.25) is 0 Å². The standard InChI is InChI=1S/C20H23N3O3S/c1-14-5-8-17(9-6-14)27-19-10-7-15(12-18(19)23(25)26)20(24)22-11-3-4-16(22)13-21-2/h5-10,12,16,21H,3-4,11,13H2,1-2H3. The predicted octanol–water partition coefficient (Wildman–Crippen LogP) is 3.88. The average molecular weight is 385 g/mol. The van der Waals surface area contributed by atoms with Gasteiger partial charge in [0.15, 0.2) is 0 Å². The second-order valence-electron chi connectivity index (χ2n) is 6.71. The van der Waals surface area contributed by atoms with E-state index in [0.29, 0.717) is 17.0 Å². The molecule has 0 aliphatic carbocycles. The third-order valence-electron chi connectivity index (χ3n) is 4.73. The number of carbonyl (C=O) groups is 1. The first kappa shape index (κ1) is 19.4. The Hall–Kier alpha value is -2.38. The number of likely N-dealkylation sites (tertiary alicyclic amines) is 1. The van der Waals surface area contributed by atoms with Crippen LogP contribution in [-0.2, 0) is 0 Å². The molecule has 1 atom stereocenters. The summed E-state index contributed by atoms with van der Waals surface area (Å²) in [4.78, 5) is 27.3. The third-order valence-corrected chi connectivity index (χ3v) is 5.80. The molecule has 0 saturated carbocycles. The number of benzene rings is 2. The van der Waals surface area contributed by atoms with Gasteiger partial charge in [-0.3, -0.25) is 14.9 Å².